The van der Waals surface area contributed by atoms with Crippen molar-refractivity contribution in [1.29, 1.82) is 0 Å². The van der Waals surface area contributed by atoms with E-state index in [-0.39, 0.29) is 54.0 Å². The van der Waals surface area contributed by atoms with Gasteiger partial charge in [-0.25, -0.2) is 4.79 Å². The van der Waals surface area contributed by atoms with Gasteiger partial charge in [0.2, 0.25) is 0 Å². The minimum absolute atomic E-state index is 0. The Bertz CT molecular complexity index is 174. The second-order valence-electron chi connectivity index (χ2n) is 1.69. The summed E-state index contributed by atoms with van der Waals surface area (Å²) in [5.41, 5.74) is 0. The second-order valence-corrected chi connectivity index (χ2v) is 3.57. The zero-order valence-corrected chi connectivity index (χ0v) is 11.3. The Morgan fingerprint density at radius 3 is 1.67 bits per heavy atom. The van der Waals surface area contributed by atoms with E-state index < -0.39 is 22.4 Å². The van der Waals surface area contributed by atoms with E-state index in [2.05, 4.69) is 25.3 Å². The molecule has 0 aliphatic carbocycles. The third-order valence-corrected chi connectivity index (χ3v) is 1.44. The molecule has 0 spiro atoms. The first-order valence-corrected chi connectivity index (χ1v) is 3.15. The number of carboxylic acids is 2. The van der Waals surface area contributed by atoms with Gasteiger partial charge in [-0.2, -0.15) is 0 Å². The summed E-state index contributed by atoms with van der Waals surface area (Å²) in [6, 6.07) is 0. The molecule has 68 valence electrons. The number of carbonyl (C=O) groups is 2. The topological polar surface area (TPSA) is 74.6 Å². The van der Waals surface area contributed by atoms with Gasteiger partial charge >= 0.3 is 65.9 Å². The first-order valence-electron chi connectivity index (χ1n) is 2.26. The van der Waals surface area contributed by atoms with Crippen molar-refractivity contribution in [1.82, 2.24) is 0 Å². The van der Waals surface area contributed by atoms with Gasteiger partial charge in [-0.3, -0.25) is 4.79 Å². The molecule has 0 radical (unpaired) electrons. The molecule has 0 aromatic heterocycles. The molecular weight excluding hydrogens is 321 g/mol. The molecule has 0 fully saturated rings. The van der Waals surface area contributed by atoms with E-state index in [1.807, 2.05) is 0 Å². The van der Waals surface area contributed by atoms with E-state index in [1.54, 1.807) is 0 Å². The van der Waals surface area contributed by atoms with Gasteiger partial charge in [-0.1, -0.05) is 0 Å². The van der Waals surface area contributed by atoms with Crippen LogP contribution in [0.3, 0.4) is 0 Å². The van der Waals surface area contributed by atoms with Crippen LogP contribution >= 0.6 is 25.3 Å². The predicted molar refractivity (Wildman–Crippen MR) is 57.7 cm³/mol. The summed E-state index contributed by atoms with van der Waals surface area (Å²) in [6.07, 6.45) is -0.617. The molecule has 2 N–H and O–H groups in total. The van der Waals surface area contributed by atoms with E-state index in [9.17, 15) is 9.59 Å². The van der Waals surface area contributed by atoms with E-state index in [0.717, 1.165) is 0 Å². The van der Waals surface area contributed by atoms with Crippen molar-refractivity contribution in [2.45, 2.75) is 10.5 Å². The van der Waals surface area contributed by atoms with Crippen LogP contribution in [0, 0.1) is 0 Å². The van der Waals surface area contributed by atoms with E-state index >= 15 is 0 Å². The van der Waals surface area contributed by atoms with Crippen LogP contribution in [0.5, 0.6) is 0 Å². The molecule has 0 saturated heterocycles. The number of carboxylic acid groups (broad SMARTS) is 2. The van der Waals surface area contributed by atoms with Gasteiger partial charge in [0, 0.05) is 0 Å². The zero-order valence-electron chi connectivity index (χ0n) is 5.52. The molecule has 0 amide bonds. The van der Waals surface area contributed by atoms with Gasteiger partial charge in [0.15, 0.2) is 4.08 Å². The van der Waals surface area contributed by atoms with Gasteiger partial charge in [-0.15, -0.1) is 25.3 Å². The Morgan fingerprint density at radius 1 is 1.25 bits per heavy atom. The Labute approximate surface area is 120 Å². The summed E-state index contributed by atoms with van der Waals surface area (Å²) in [5, 5.41) is 16.4. The average Bonchev–Trinajstić information content (AvgIpc) is 1.60. The average molecular weight is 331 g/mol. The van der Waals surface area contributed by atoms with Crippen LogP contribution in [0.4, 0.5) is 0 Å². The fraction of sp³-hybridized carbons (Fsp3) is 0.500. The van der Waals surface area contributed by atoms with Gasteiger partial charge in [-0.05, 0) is 0 Å². The van der Waals surface area contributed by atoms with Crippen LogP contribution in [0.1, 0.15) is 6.42 Å². The maximum absolute atomic E-state index is 10.1. The molecule has 0 heterocycles. The molecule has 0 unspecified atom stereocenters. The van der Waals surface area contributed by atoms with Crippen molar-refractivity contribution in [3.63, 3.8) is 0 Å². The fourth-order valence-corrected chi connectivity index (χ4v) is 0.557. The maximum atomic E-state index is 10.1. The summed E-state index contributed by atoms with van der Waals surface area (Å²) in [7, 11) is 0. The molecule has 4 nitrogen and oxygen atoms in total. The van der Waals surface area contributed by atoms with Crippen molar-refractivity contribution in [3.05, 3.63) is 0 Å². The number of thiol groups is 2. The third-order valence-electron chi connectivity index (χ3n) is 0.740. The van der Waals surface area contributed by atoms with E-state index in [1.165, 1.54) is 0 Å². The number of aliphatic carboxylic acids is 2. The molecule has 0 aliphatic heterocycles. The molecule has 0 aliphatic rings. The second kappa shape index (κ2) is 7.82. The molecule has 0 aromatic rings. The summed E-state index contributed by atoms with van der Waals surface area (Å²) < 4.78 is -1.77. The van der Waals surface area contributed by atoms with Gasteiger partial charge in [0.05, 0.1) is 6.42 Å². The quantitative estimate of drug-likeness (QED) is 0.282. The molecule has 0 aromatic carbocycles. The Hall–Kier alpha value is 1.46. The van der Waals surface area contributed by atoms with Crippen LogP contribution < -0.4 is 0 Å². The molecular formula is C4H10NaO4S2Sb. The Morgan fingerprint density at radius 2 is 1.58 bits per heavy atom. The summed E-state index contributed by atoms with van der Waals surface area (Å²) in [4.78, 5) is 20.1. The normalized spacial score (nSPS) is 9.17. The van der Waals surface area contributed by atoms with Crippen LogP contribution in [0.15, 0.2) is 0 Å². The van der Waals surface area contributed by atoms with Crippen LogP contribution in [-0.4, -0.2) is 80.2 Å². The first kappa shape index (κ1) is 19.1. The van der Waals surface area contributed by atoms with Gasteiger partial charge in [0.25, 0.3) is 0 Å². The molecule has 0 bridgehead atoms. The van der Waals surface area contributed by atoms with Crippen LogP contribution in [0.25, 0.3) is 0 Å². The monoisotopic (exact) mass is 330 g/mol. The van der Waals surface area contributed by atoms with Crippen molar-refractivity contribution in [3.8, 4) is 0 Å². The zero-order chi connectivity index (χ0) is 8.36. The van der Waals surface area contributed by atoms with E-state index in [0.29, 0.717) is 0 Å². The van der Waals surface area contributed by atoms with Crippen LogP contribution in [-0.2, 0) is 9.59 Å². The standard InChI is InChI=1S/C4H6O4S2.Na.Sb.4H/c5-2(6)1-4(9,10)3(7)8;;;;;;/h9-10H,1H2,(H,5,6)(H,7,8);;;;;;. The van der Waals surface area contributed by atoms with Crippen molar-refractivity contribution >= 4 is 91.2 Å². The van der Waals surface area contributed by atoms with Crippen LogP contribution in [0.2, 0.25) is 0 Å². The summed E-state index contributed by atoms with van der Waals surface area (Å²) in [6.45, 7) is 0. The summed E-state index contributed by atoms with van der Waals surface area (Å²) >= 11 is 7.01. The number of hydrogen-bond donors (Lipinski definition) is 4. The van der Waals surface area contributed by atoms with Gasteiger partial charge in [0.1, 0.15) is 0 Å². The van der Waals surface area contributed by atoms with E-state index in [4.69, 9.17) is 10.2 Å². The Balaban J connectivity index is -0.000000405. The van der Waals surface area contributed by atoms with Crippen molar-refractivity contribution in [2.24, 2.45) is 0 Å². The molecule has 0 rings (SSSR count). The molecule has 8 heteroatoms. The minimum atomic E-state index is -1.77. The first-order chi connectivity index (χ1) is 4.36. The fourth-order valence-electron chi connectivity index (χ4n) is 0.286. The third kappa shape index (κ3) is 8.07. The molecule has 12 heavy (non-hydrogen) atoms. The number of hydrogen-bond acceptors (Lipinski definition) is 4. The summed E-state index contributed by atoms with van der Waals surface area (Å²) in [5.74, 6) is -2.60. The van der Waals surface area contributed by atoms with Crippen molar-refractivity contribution in [2.75, 3.05) is 0 Å². The SMILES string of the molecule is O=C(O)CC(S)(S)C(=O)O.[NaH].[SbH3]. The van der Waals surface area contributed by atoms with Gasteiger partial charge < -0.3 is 10.2 Å². The molecule has 0 atom stereocenters. The van der Waals surface area contributed by atoms with Crippen molar-refractivity contribution < 1.29 is 19.8 Å². The number of rotatable bonds is 3. The molecule has 0 saturated carbocycles. The Kier molecular flexibility index (Phi) is 12.5. The predicted octanol–water partition coefficient (Wildman–Crippen LogP) is -1.73.